The van der Waals surface area contributed by atoms with Gasteiger partial charge in [-0.3, -0.25) is 4.79 Å². The van der Waals surface area contributed by atoms with Crippen LogP contribution in [-0.4, -0.2) is 60.7 Å². The predicted octanol–water partition coefficient (Wildman–Crippen LogP) is 2.76. The van der Waals surface area contributed by atoms with Gasteiger partial charge in [0.05, 0.1) is 5.75 Å². The molecule has 1 aliphatic carbocycles. The Morgan fingerprint density at radius 3 is 2.77 bits per heavy atom. The van der Waals surface area contributed by atoms with E-state index in [1.54, 1.807) is 4.31 Å². The molecule has 5 rings (SSSR count). The number of rotatable bonds is 6. The lowest BCUT2D eigenvalue weighted by Crippen LogP contribution is -2.39. The lowest BCUT2D eigenvalue weighted by molar-refractivity contribution is -0.117. The van der Waals surface area contributed by atoms with Gasteiger partial charge in [0, 0.05) is 43.8 Å². The zero-order chi connectivity index (χ0) is 21.4. The molecule has 166 valence electrons. The Bertz CT molecular complexity index is 1110. The van der Waals surface area contributed by atoms with Gasteiger partial charge in [-0.2, -0.15) is 4.31 Å². The number of anilines is 1. The van der Waals surface area contributed by atoms with E-state index in [0.29, 0.717) is 38.5 Å². The third-order valence-electron chi connectivity index (χ3n) is 6.43. The minimum Gasteiger partial charge on any atom is -0.381 e. The van der Waals surface area contributed by atoms with Crippen molar-refractivity contribution in [1.29, 1.82) is 0 Å². The summed E-state index contributed by atoms with van der Waals surface area (Å²) in [6.07, 6.45) is 7.96. The van der Waals surface area contributed by atoms with Crippen molar-refractivity contribution in [2.24, 2.45) is 11.8 Å². The fourth-order valence-electron chi connectivity index (χ4n) is 4.41. The summed E-state index contributed by atoms with van der Waals surface area (Å²) in [7, 11) is -3.29. The standard InChI is InChI=1S/C22H28N4O4S/c27-22(17-1-2-17)25-20-13-19(18-3-8-23-21(18)24-20)16-4-9-26(10-5-16)31(28,29)14-15-6-11-30-12-7-15/h3-4,8,13,15,17H,1-2,5-7,9-12,14H2,(H2,23,24,25,27). The van der Waals surface area contributed by atoms with Crippen LogP contribution in [0.3, 0.4) is 0 Å². The summed E-state index contributed by atoms with van der Waals surface area (Å²) in [6, 6.07) is 3.88. The fraction of sp³-hybridized carbons (Fsp3) is 0.545. The molecule has 2 aromatic heterocycles. The number of nitrogens with zero attached hydrogens (tertiary/aromatic N) is 2. The van der Waals surface area contributed by atoms with E-state index in [1.807, 2.05) is 24.4 Å². The first-order valence-corrected chi connectivity index (χ1v) is 12.6. The Labute approximate surface area is 182 Å². The SMILES string of the molecule is O=C(Nc1cc(C2=CCN(S(=O)(=O)CC3CCOCC3)CC2)c2cc[nH]c2n1)C1CC1. The lowest BCUT2D eigenvalue weighted by atomic mass is 9.98. The molecule has 2 fully saturated rings. The van der Waals surface area contributed by atoms with Crippen molar-refractivity contribution in [3.8, 4) is 0 Å². The normalized spacial score (nSPS) is 21.2. The molecule has 0 atom stereocenters. The number of hydrogen-bond donors (Lipinski definition) is 2. The predicted molar refractivity (Wildman–Crippen MR) is 119 cm³/mol. The molecule has 0 radical (unpaired) electrons. The van der Waals surface area contributed by atoms with Gasteiger partial charge in [-0.1, -0.05) is 6.08 Å². The number of sulfonamides is 1. The molecule has 31 heavy (non-hydrogen) atoms. The Hall–Kier alpha value is -2.23. The van der Waals surface area contributed by atoms with Gasteiger partial charge in [-0.05, 0) is 61.3 Å². The number of carbonyl (C=O) groups is 1. The van der Waals surface area contributed by atoms with Gasteiger partial charge in [0.15, 0.2) is 0 Å². The molecule has 0 unspecified atom stereocenters. The number of nitrogens with one attached hydrogen (secondary N) is 2. The van der Waals surface area contributed by atoms with Crippen LogP contribution in [0.5, 0.6) is 0 Å². The van der Waals surface area contributed by atoms with Crippen LogP contribution in [0.1, 0.15) is 37.7 Å². The van der Waals surface area contributed by atoms with E-state index in [9.17, 15) is 13.2 Å². The maximum absolute atomic E-state index is 12.9. The molecule has 4 heterocycles. The van der Waals surface area contributed by atoms with Crippen molar-refractivity contribution in [3.63, 3.8) is 0 Å². The van der Waals surface area contributed by atoms with Crippen LogP contribution >= 0.6 is 0 Å². The molecular weight excluding hydrogens is 416 g/mol. The summed E-state index contributed by atoms with van der Waals surface area (Å²) in [5.74, 6) is 1.05. The number of H-pyrrole nitrogens is 1. The molecule has 2 N–H and O–H groups in total. The van der Waals surface area contributed by atoms with Crippen LogP contribution in [0, 0.1) is 11.8 Å². The van der Waals surface area contributed by atoms with Gasteiger partial charge in [-0.15, -0.1) is 0 Å². The third-order valence-corrected chi connectivity index (χ3v) is 8.44. The molecule has 9 heteroatoms. The monoisotopic (exact) mass is 444 g/mol. The topological polar surface area (TPSA) is 104 Å². The number of aromatic amines is 1. The molecule has 0 aromatic carbocycles. The van der Waals surface area contributed by atoms with Crippen molar-refractivity contribution < 1.29 is 17.9 Å². The average Bonchev–Trinajstić information content (AvgIpc) is 3.52. The highest BCUT2D eigenvalue weighted by Crippen LogP contribution is 2.33. The number of pyridine rings is 1. The summed E-state index contributed by atoms with van der Waals surface area (Å²) in [5, 5.41) is 3.91. The molecule has 1 saturated carbocycles. The molecule has 1 saturated heterocycles. The van der Waals surface area contributed by atoms with E-state index in [0.717, 1.165) is 47.9 Å². The first kappa shape index (κ1) is 20.7. The Balaban J connectivity index is 1.34. The minimum absolute atomic E-state index is 0.0207. The molecule has 2 aliphatic heterocycles. The summed E-state index contributed by atoms with van der Waals surface area (Å²) in [5.41, 5.74) is 2.81. The first-order valence-electron chi connectivity index (χ1n) is 11.0. The second kappa shape index (κ2) is 8.37. The van der Waals surface area contributed by atoms with Crippen LogP contribution in [0.4, 0.5) is 5.82 Å². The number of aromatic nitrogens is 2. The highest BCUT2D eigenvalue weighted by Gasteiger charge is 2.31. The number of hydrogen-bond acceptors (Lipinski definition) is 5. The summed E-state index contributed by atoms with van der Waals surface area (Å²) < 4.78 is 32.8. The van der Waals surface area contributed by atoms with Gasteiger partial charge in [-0.25, -0.2) is 13.4 Å². The van der Waals surface area contributed by atoms with Gasteiger partial charge in [0.25, 0.3) is 0 Å². The van der Waals surface area contributed by atoms with Gasteiger partial charge < -0.3 is 15.0 Å². The quantitative estimate of drug-likeness (QED) is 0.713. The van der Waals surface area contributed by atoms with Crippen LogP contribution in [0.2, 0.25) is 0 Å². The molecule has 3 aliphatic rings. The largest absolute Gasteiger partial charge is 0.381 e. The molecule has 0 bridgehead atoms. The van der Waals surface area contributed by atoms with Gasteiger partial charge in [0.2, 0.25) is 15.9 Å². The van der Waals surface area contributed by atoms with E-state index < -0.39 is 10.0 Å². The number of carbonyl (C=O) groups excluding carboxylic acids is 1. The molecule has 1 amide bonds. The maximum atomic E-state index is 12.9. The smallest absolute Gasteiger partial charge is 0.228 e. The van der Waals surface area contributed by atoms with E-state index in [-0.39, 0.29) is 23.5 Å². The second-order valence-electron chi connectivity index (χ2n) is 8.73. The van der Waals surface area contributed by atoms with Crippen molar-refractivity contribution in [2.45, 2.75) is 32.1 Å². The molecular formula is C22H28N4O4S. The first-order chi connectivity index (χ1) is 15.0. The summed E-state index contributed by atoms with van der Waals surface area (Å²) >= 11 is 0. The number of ether oxygens (including phenoxy) is 1. The van der Waals surface area contributed by atoms with E-state index in [1.165, 1.54) is 0 Å². The van der Waals surface area contributed by atoms with E-state index in [4.69, 9.17) is 4.74 Å². The van der Waals surface area contributed by atoms with E-state index in [2.05, 4.69) is 15.3 Å². The zero-order valence-corrected chi connectivity index (χ0v) is 18.3. The average molecular weight is 445 g/mol. The van der Waals surface area contributed by atoms with Gasteiger partial charge >= 0.3 is 0 Å². The van der Waals surface area contributed by atoms with Crippen LogP contribution in [-0.2, 0) is 19.6 Å². The fourth-order valence-corrected chi connectivity index (χ4v) is 6.22. The highest BCUT2D eigenvalue weighted by molar-refractivity contribution is 7.89. The second-order valence-corrected chi connectivity index (χ2v) is 10.7. The van der Waals surface area contributed by atoms with Crippen molar-refractivity contribution in [2.75, 3.05) is 37.4 Å². The molecule has 8 nitrogen and oxygen atoms in total. The van der Waals surface area contributed by atoms with Crippen LogP contribution in [0.25, 0.3) is 16.6 Å². The third kappa shape index (κ3) is 4.53. The van der Waals surface area contributed by atoms with Crippen LogP contribution in [0.15, 0.2) is 24.4 Å². The lowest BCUT2D eigenvalue weighted by Gasteiger charge is -2.29. The maximum Gasteiger partial charge on any atom is 0.228 e. The van der Waals surface area contributed by atoms with Crippen molar-refractivity contribution in [3.05, 3.63) is 30.0 Å². The Kier molecular flexibility index (Phi) is 5.58. The van der Waals surface area contributed by atoms with E-state index >= 15 is 0 Å². The van der Waals surface area contributed by atoms with Crippen molar-refractivity contribution >= 4 is 38.4 Å². The molecule has 2 aromatic rings. The Morgan fingerprint density at radius 2 is 2.06 bits per heavy atom. The molecule has 0 spiro atoms. The van der Waals surface area contributed by atoms with Crippen LogP contribution < -0.4 is 5.32 Å². The Morgan fingerprint density at radius 1 is 1.26 bits per heavy atom. The number of amides is 1. The zero-order valence-electron chi connectivity index (χ0n) is 17.5. The minimum atomic E-state index is -3.29. The highest BCUT2D eigenvalue weighted by atomic mass is 32.2. The van der Waals surface area contributed by atoms with Crippen molar-refractivity contribution in [1.82, 2.24) is 14.3 Å². The summed E-state index contributed by atoms with van der Waals surface area (Å²) in [4.78, 5) is 19.9. The number of fused-ring (bicyclic) bond motifs is 1. The summed E-state index contributed by atoms with van der Waals surface area (Å²) in [6.45, 7) is 2.14. The van der Waals surface area contributed by atoms with Gasteiger partial charge in [0.1, 0.15) is 11.5 Å².